The van der Waals surface area contributed by atoms with Gasteiger partial charge in [-0.25, -0.2) is 4.90 Å². The molecule has 1 aliphatic carbocycles. The standard InChI is InChI=1S/C21H18Cl2N2O2/c1-13-6-8-15(9-7-13)25-19(26)17-5-3-2-4-16(17)18(20(25)27)12-24-11-14-10-21(14,22)23/h2-9,12,14,18H,10-11H2,1H3/t14-,18-/m1/s1. The Kier molecular flexibility index (Phi) is 4.57. The molecule has 1 aliphatic heterocycles. The van der Waals surface area contributed by atoms with E-state index in [2.05, 4.69) is 4.99 Å². The van der Waals surface area contributed by atoms with Gasteiger partial charge < -0.3 is 0 Å². The molecule has 4 nitrogen and oxygen atoms in total. The van der Waals surface area contributed by atoms with Gasteiger partial charge in [-0.1, -0.05) is 35.9 Å². The Bertz CT molecular complexity index is 937. The molecule has 2 aromatic carbocycles. The lowest BCUT2D eigenvalue weighted by molar-refractivity contribution is -0.118. The van der Waals surface area contributed by atoms with Crippen molar-refractivity contribution in [2.75, 3.05) is 11.4 Å². The van der Waals surface area contributed by atoms with Crippen molar-refractivity contribution in [1.82, 2.24) is 0 Å². The lowest BCUT2D eigenvalue weighted by Gasteiger charge is -2.31. The molecule has 1 saturated carbocycles. The fraction of sp³-hybridized carbons (Fsp3) is 0.286. The quantitative estimate of drug-likeness (QED) is 0.429. The Morgan fingerprint density at radius 2 is 1.81 bits per heavy atom. The van der Waals surface area contributed by atoms with Gasteiger partial charge in [-0.05, 0) is 37.1 Å². The van der Waals surface area contributed by atoms with E-state index in [-0.39, 0.29) is 17.7 Å². The Hall–Kier alpha value is -2.17. The van der Waals surface area contributed by atoms with E-state index in [1.165, 1.54) is 4.90 Å². The number of imide groups is 1. The van der Waals surface area contributed by atoms with Gasteiger partial charge in [0.05, 0.1) is 11.6 Å². The van der Waals surface area contributed by atoms with E-state index in [1.54, 1.807) is 36.5 Å². The second-order valence-corrected chi connectivity index (χ2v) is 8.60. The predicted molar refractivity (Wildman–Crippen MR) is 108 cm³/mol. The lowest BCUT2D eigenvalue weighted by Crippen LogP contribution is -2.45. The molecule has 1 fully saturated rings. The van der Waals surface area contributed by atoms with Crippen molar-refractivity contribution >= 4 is 46.9 Å². The number of nitrogens with zero attached hydrogens (tertiary/aromatic N) is 2. The Labute approximate surface area is 167 Å². The number of amides is 2. The number of anilines is 1. The number of rotatable bonds is 4. The topological polar surface area (TPSA) is 49.7 Å². The highest BCUT2D eigenvalue weighted by molar-refractivity contribution is 6.50. The first-order valence-electron chi connectivity index (χ1n) is 8.80. The number of fused-ring (bicyclic) bond motifs is 1. The first-order chi connectivity index (χ1) is 12.9. The minimum Gasteiger partial charge on any atom is -0.296 e. The molecule has 0 N–H and O–H groups in total. The van der Waals surface area contributed by atoms with E-state index in [4.69, 9.17) is 23.2 Å². The summed E-state index contributed by atoms with van der Waals surface area (Å²) >= 11 is 12.1. The van der Waals surface area contributed by atoms with Crippen molar-refractivity contribution in [3.05, 3.63) is 65.2 Å². The number of hydrogen-bond acceptors (Lipinski definition) is 3. The van der Waals surface area contributed by atoms with Crippen molar-refractivity contribution in [2.24, 2.45) is 10.9 Å². The monoisotopic (exact) mass is 400 g/mol. The van der Waals surface area contributed by atoms with Crippen LogP contribution in [0.2, 0.25) is 0 Å². The molecule has 2 atom stereocenters. The number of carbonyl (C=O) groups excluding carboxylic acids is 2. The van der Waals surface area contributed by atoms with Gasteiger partial charge in [0.25, 0.3) is 5.91 Å². The number of aryl methyl sites for hydroxylation is 1. The van der Waals surface area contributed by atoms with Gasteiger partial charge in [0.15, 0.2) is 0 Å². The summed E-state index contributed by atoms with van der Waals surface area (Å²) in [6.45, 7) is 2.43. The van der Waals surface area contributed by atoms with Crippen molar-refractivity contribution in [3.63, 3.8) is 0 Å². The molecule has 0 bridgehead atoms. The van der Waals surface area contributed by atoms with Crippen molar-refractivity contribution < 1.29 is 9.59 Å². The van der Waals surface area contributed by atoms with Gasteiger partial charge in [0, 0.05) is 24.2 Å². The zero-order valence-electron chi connectivity index (χ0n) is 14.7. The summed E-state index contributed by atoms with van der Waals surface area (Å²) in [5.41, 5.74) is 2.82. The average molecular weight is 401 g/mol. The molecule has 2 aliphatic rings. The third-order valence-electron chi connectivity index (χ3n) is 5.04. The van der Waals surface area contributed by atoms with E-state index in [0.717, 1.165) is 5.56 Å². The molecule has 0 aromatic heterocycles. The molecule has 2 amide bonds. The maximum atomic E-state index is 13.2. The van der Waals surface area contributed by atoms with Crippen molar-refractivity contribution in [1.29, 1.82) is 0 Å². The van der Waals surface area contributed by atoms with Crippen LogP contribution >= 0.6 is 23.2 Å². The van der Waals surface area contributed by atoms with Crippen LogP contribution in [-0.2, 0) is 4.79 Å². The number of halogens is 2. The maximum absolute atomic E-state index is 13.2. The molecule has 4 rings (SSSR count). The fourth-order valence-corrected chi connectivity index (χ4v) is 3.81. The third-order valence-corrected chi connectivity index (χ3v) is 5.97. The summed E-state index contributed by atoms with van der Waals surface area (Å²) in [6, 6.07) is 14.5. The molecule has 6 heteroatoms. The van der Waals surface area contributed by atoms with Gasteiger partial charge in [-0.15, -0.1) is 23.2 Å². The highest BCUT2D eigenvalue weighted by atomic mass is 35.5. The second kappa shape index (κ2) is 6.77. The molecular formula is C21H18Cl2N2O2. The van der Waals surface area contributed by atoms with E-state index in [0.29, 0.717) is 29.8 Å². The Morgan fingerprint density at radius 1 is 1.15 bits per heavy atom. The number of hydrogen-bond donors (Lipinski definition) is 0. The minimum atomic E-state index is -0.699. The predicted octanol–water partition coefficient (Wildman–Crippen LogP) is 4.53. The fourth-order valence-electron chi connectivity index (χ4n) is 3.30. The average Bonchev–Trinajstić information content (AvgIpc) is 3.26. The number of benzene rings is 2. The van der Waals surface area contributed by atoms with Crippen LogP contribution in [0.15, 0.2) is 53.5 Å². The lowest BCUT2D eigenvalue weighted by atomic mass is 9.89. The molecule has 1 heterocycles. The van der Waals surface area contributed by atoms with Crippen molar-refractivity contribution in [3.8, 4) is 0 Å². The maximum Gasteiger partial charge on any atom is 0.265 e. The van der Waals surface area contributed by atoms with E-state index < -0.39 is 10.3 Å². The van der Waals surface area contributed by atoms with E-state index >= 15 is 0 Å². The number of alkyl halides is 2. The van der Waals surface area contributed by atoms with Crippen LogP contribution in [0.25, 0.3) is 0 Å². The van der Waals surface area contributed by atoms with E-state index in [9.17, 15) is 9.59 Å². The van der Waals surface area contributed by atoms with Crippen LogP contribution in [0.4, 0.5) is 5.69 Å². The molecule has 27 heavy (non-hydrogen) atoms. The second-order valence-electron chi connectivity index (χ2n) is 7.06. The zero-order chi connectivity index (χ0) is 19.2. The number of aliphatic imine (C=N–C) groups is 1. The largest absolute Gasteiger partial charge is 0.296 e. The summed E-state index contributed by atoms with van der Waals surface area (Å²) in [7, 11) is 0. The van der Waals surface area contributed by atoms with Gasteiger partial charge in [-0.2, -0.15) is 0 Å². The van der Waals surface area contributed by atoms with Crippen LogP contribution in [0, 0.1) is 12.8 Å². The highest BCUT2D eigenvalue weighted by Crippen LogP contribution is 2.53. The van der Waals surface area contributed by atoms with Crippen LogP contribution in [0.3, 0.4) is 0 Å². The molecule has 0 saturated heterocycles. The minimum absolute atomic E-state index is 0.112. The van der Waals surface area contributed by atoms with Crippen LogP contribution < -0.4 is 4.90 Å². The van der Waals surface area contributed by atoms with Gasteiger partial charge in [0.2, 0.25) is 5.91 Å². The summed E-state index contributed by atoms with van der Waals surface area (Å²) in [6.07, 6.45) is 2.33. The van der Waals surface area contributed by atoms with E-state index in [1.807, 2.05) is 25.1 Å². The molecule has 2 aromatic rings. The molecular weight excluding hydrogens is 383 g/mol. The van der Waals surface area contributed by atoms with Crippen LogP contribution in [0.5, 0.6) is 0 Å². The van der Waals surface area contributed by atoms with Gasteiger partial charge >= 0.3 is 0 Å². The highest BCUT2D eigenvalue weighted by Gasteiger charge is 2.51. The number of carbonyl (C=O) groups is 2. The molecule has 0 radical (unpaired) electrons. The van der Waals surface area contributed by atoms with Gasteiger partial charge in [0.1, 0.15) is 4.33 Å². The van der Waals surface area contributed by atoms with Gasteiger partial charge in [-0.3, -0.25) is 14.6 Å². The van der Waals surface area contributed by atoms with Crippen LogP contribution in [0.1, 0.15) is 33.8 Å². The normalized spacial score (nSPS) is 23.6. The first-order valence-corrected chi connectivity index (χ1v) is 9.56. The zero-order valence-corrected chi connectivity index (χ0v) is 16.2. The molecule has 138 valence electrons. The summed E-state index contributed by atoms with van der Waals surface area (Å²) in [4.78, 5) is 31.8. The van der Waals surface area contributed by atoms with Crippen molar-refractivity contribution in [2.45, 2.75) is 23.6 Å². The van der Waals surface area contributed by atoms with Crippen LogP contribution in [-0.4, -0.2) is 28.9 Å². The summed E-state index contributed by atoms with van der Waals surface area (Å²) < 4.78 is -0.699. The Morgan fingerprint density at radius 3 is 2.48 bits per heavy atom. The smallest absolute Gasteiger partial charge is 0.265 e. The molecule has 0 unspecified atom stereocenters. The summed E-state index contributed by atoms with van der Waals surface area (Å²) in [5, 5.41) is 0. The SMILES string of the molecule is Cc1ccc(N2C(=O)c3ccccc3[C@@H](C=NC[C@H]3CC3(Cl)Cl)C2=O)cc1. The first kappa shape index (κ1) is 18.2. The molecule has 0 spiro atoms. The summed E-state index contributed by atoms with van der Waals surface area (Å²) in [5.74, 6) is -1.11. The third kappa shape index (κ3) is 3.40. The Balaban J connectivity index is 1.68.